The SMILES string of the molecule is CCOC(=O)[C@H](C)c1c(C)[nH]c(=S)[nH]c1=O. The third kappa shape index (κ3) is 2.57. The van der Waals surface area contributed by atoms with Crippen LogP contribution in [0, 0.1) is 11.7 Å². The monoisotopic (exact) mass is 242 g/mol. The van der Waals surface area contributed by atoms with Crippen LogP contribution in [-0.2, 0) is 9.53 Å². The third-order valence-corrected chi connectivity index (χ3v) is 2.45. The molecule has 16 heavy (non-hydrogen) atoms. The molecule has 0 radical (unpaired) electrons. The molecule has 2 N–H and O–H groups in total. The molecular weight excluding hydrogens is 228 g/mol. The zero-order valence-corrected chi connectivity index (χ0v) is 10.2. The maximum Gasteiger partial charge on any atom is 0.313 e. The Kier molecular flexibility index (Phi) is 4.00. The molecule has 1 atom stereocenters. The zero-order chi connectivity index (χ0) is 12.3. The lowest BCUT2D eigenvalue weighted by molar-refractivity contribution is -0.144. The summed E-state index contributed by atoms with van der Waals surface area (Å²) in [4.78, 5) is 28.4. The average molecular weight is 242 g/mol. The van der Waals surface area contributed by atoms with Gasteiger partial charge >= 0.3 is 5.97 Å². The molecule has 6 heteroatoms. The van der Waals surface area contributed by atoms with Gasteiger partial charge in [-0.3, -0.25) is 14.6 Å². The quantitative estimate of drug-likeness (QED) is 0.620. The van der Waals surface area contributed by atoms with E-state index in [2.05, 4.69) is 9.97 Å². The Hall–Kier alpha value is -1.43. The van der Waals surface area contributed by atoms with Crippen LogP contribution in [0.2, 0.25) is 0 Å². The van der Waals surface area contributed by atoms with Gasteiger partial charge in [0.05, 0.1) is 18.1 Å². The minimum Gasteiger partial charge on any atom is -0.466 e. The molecule has 0 aliphatic carbocycles. The Morgan fingerprint density at radius 2 is 2.12 bits per heavy atom. The predicted molar refractivity (Wildman–Crippen MR) is 62.0 cm³/mol. The van der Waals surface area contributed by atoms with E-state index in [1.54, 1.807) is 20.8 Å². The number of aromatic amines is 2. The Bertz CT molecular complexity index is 504. The van der Waals surface area contributed by atoms with Gasteiger partial charge in [-0.05, 0) is 33.0 Å². The molecule has 0 saturated heterocycles. The first kappa shape index (κ1) is 12.6. The topological polar surface area (TPSA) is 75.0 Å². The summed E-state index contributed by atoms with van der Waals surface area (Å²) in [5, 5.41) is 0. The van der Waals surface area contributed by atoms with E-state index in [0.29, 0.717) is 17.9 Å². The van der Waals surface area contributed by atoms with Crippen LogP contribution < -0.4 is 5.56 Å². The second kappa shape index (κ2) is 5.07. The fourth-order valence-electron chi connectivity index (χ4n) is 1.52. The van der Waals surface area contributed by atoms with E-state index in [9.17, 15) is 9.59 Å². The van der Waals surface area contributed by atoms with Crippen molar-refractivity contribution in [2.24, 2.45) is 0 Å². The van der Waals surface area contributed by atoms with E-state index >= 15 is 0 Å². The number of hydrogen-bond acceptors (Lipinski definition) is 4. The molecular formula is C10H14N2O3S. The molecule has 5 nitrogen and oxygen atoms in total. The van der Waals surface area contributed by atoms with Crippen molar-refractivity contribution in [3.05, 3.63) is 26.4 Å². The second-order valence-electron chi connectivity index (χ2n) is 3.42. The van der Waals surface area contributed by atoms with E-state index < -0.39 is 11.9 Å². The number of ether oxygens (including phenoxy) is 1. The summed E-state index contributed by atoms with van der Waals surface area (Å²) in [6.07, 6.45) is 0. The van der Waals surface area contributed by atoms with Crippen molar-refractivity contribution in [1.29, 1.82) is 0 Å². The zero-order valence-electron chi connectivity index (χ0n) is 9.42. The second-order valence-corrected chi connectivity index (χ2v) is 3.83. The van der Waals surface area contributed by atoms with Crippen molar-refractivity contribution in [3.8, 4) is 0 Å². The summed E-state index contributed by atoms with van der Waals surface area (Å²) >= 11 is 4.82. The van der Waals surface area contributed by atoms with E-state index in [4.69, 9.17) is 17.0 Å². The number of nitrogens with one attached hydrogen (secondary N) is 2. The van der Waals surface area contributed by atoms with Crippen LogP contribution >= 0.6 is 12.2 Å². The molecule has 1 aromatic rings. The minimum absolute atomic E-state index is 0.252. The van der Waals surface area contributed by atoms with Crippen molar-refractivity contribution in [1.82, 2.24) is 9.97 Å². The molecule has 0 aromatic carbocycles. The molecule has 0 fully saturated rings. The van der Waals surface area contributed by atoms with Crippen molar-refractivity contribution < 1.29 is 9.53 Å². The van der Waals surface area contributed by atoms with E-state index in [0.717, 1.165) is 0 Å². The number of carbonyl (C=O) groups excluding carboxylic acids is 1. The normalized spacial score (nSPS) is 12.2. The lowest BCUT2D eigenvalue weighted by Crippen LogP contribution is -2.24. The van der Waals surface area contributed by atoms with Crippen LogP contribution in [0.15, 0.2) is 4.79 Å². The van der Waals surface area contributed by atoms with E-state index in [-0.39, 0.29) is 10.3 Å². The van der Waals surface area contributed by atoms with Gasteiger partial charge in [0.15, 0.2) is 4.77 Å². The van der Waals surface area contributed by atoms with Gasteiger partial charge in [0.1, 0.15) is 0 Å². The summed E-state index contributed by atoms with van der Waals surface area (Å²) in [7, 11) is 0. The first-order chi connectivity index (χ1) is 7.47. The fourth-order valence-corrected chi connectivity index (χ4v) is 1.76. The van der Waals surface area contributed by atoms with Crippen LogP contribution in [-0.4, -0.2) is 22.5 Å². The number of rotatable bonds is 3. The molecule has 1 aromatic heterocycles. The Balaban J connectivity index is 3.19. The smallest absolute Gasteiger partial charge is 0.313 e. The van der Waals surface area contributed by atoms with Crippen LogP contribution in [0.3, 0.4) is 0 Å². The van der Waals surface area contributed by atoms with E-state index in [1.807, 2.05) is 0 Å². The lowest BCUT2D eigenvalue weighted by atomic mass is 10.0. The van der Waals surface area contributed by atoms with Gasteiger partial charge in [0.2, 0.25) is 0 Å². The van der Waals surface area contributed by atoms with Gasteiger partial charge in [-0.25, -0.2) is 0 Å². The number of carbonyl (C=O) groups is 1. The number of aryl methyl sites for hydroxylation is 1. The van der Waals surface area contributed by atoms with Gasteiger partial charge in [-0.1, -0.05) is 0 Å². The summed E-state index contributed by atoms with van der Waals surface area (Å²) < 4.78 is 5.12. The maximum absolute atomic E-state index is 11.7. The highest BCUT2D eigenvalue weighted by atomic mass is 32.1. The standard InChI is InChI=1S/C10H14N2O3S/c1-4-15-9(14)5(2)7-6(3)11-10(16)12-8(7)13/h5H,4H2,1-3H3,(H2,11,12,13,16)/t5-/m1/s1. The van der Waals surface area contributed by atoms with Crippen LogP contribution in [0.5, 0.6) is 0 Å². The lowest BCUT2D eigenvalue weighted by Gasteiger charge is -2.11. The van der Waals surface area contributed by atoms with E-state index in [1.165, 1.54) is 0 Å². The van der Waals surface area contributed by atoms with Gasteiger partial charge in [-0.2, -0.15) is 0 Å². The van der Waals surface area contributed by atoms with Crippen molar-refractivity contribution in [2.75, 3.05) is 6.61 Å². The summed E-state index contributed by atoms with van der Waals surface area (Å²) in [6.45, 7) is 5.35. The highest BCUT2D eigenvalue weighted by molar-refractivity contribution is 7.71. The summed E-state index contributed by atoms with van der Waals surface area (Å²) in [5.41, 5.74) is 0.614. The largest absolute Gasteiger partial charge is 0.466 e. The predicted octanol–water partition coefficient (Wildman–Crippen LogP) is 1.41. The molecule has 1 heterocycles. The first-order valence-corrected chi connectivity index (χ1v) is 5.38. The Morgan fingerprint density at radius 1 is 1.50 bits per heavy atom. The molecule has 0 spiro atoms. The number of H-pyrrole nitrogens is 2. The fraction of sp³-hybridized carbons (Fsp3) is 0.500. The number of esters is 1. The third-order valence-electron chi connectivity index (χ3n) is 2.25. The first-order valence-electron chi connectivity index (χ1n) is 4.97. The molecule has 0 bridgehead atoms. The minimum atomic E-state index is -0.601. The van der Waals surface area contributed by atoms with Crippen molar-refractivity contribution in [2.45, 2.75) is 26.7 Å². The van der Waals surface area contributed by atoms with Crippen molar-refractivity contribution >= 4 is 18.2 Å². The molecule has 1 rings (SSSR count). The van der Waals surface area contributed by atoms with Crippen LogP contribution in [0.4, 0.5) is 0 Å². The highest BCUT2D eigenvalue weighted by Crippen LogP contribution is 2.14. The number of aromatic nitrogens is 2. The maximum atomic E-state index is 11.7. The summed E-state index contributed by atoms with van der Waals surface area (Å²) in [5.74, 6) is -1.02. The molecule has 0 saturated carbocycles. The molecule has 88 valence electrons. The average Bonchev–Trinajstić information content (AvgIpc) is 2.16. The van der Waals surface area contributed by atoms with Crippen LogP contribution in [0.1, 0.15) is 31.0 Å². The van der Waals surface area contributed by atoms with Gasteiger partial charge < -0.3 is 9.72 Å². The summed E-state index contributed by atoms with van der Waals surface area (Å²) in [6, 6.07) is 0. The molecule has 0 unspecified atom stereocenters. The van der Waals surface area contributed by atoms with Crippen LogP contribution in [0.25, 0.3) is 0 Å². The van der Waals surface area contributed by atoms with Gasteiger partial charge in [0, 0.05) is 5.69 Å². The van der Waals surface area contributed by atoms with Crippen molar-refractivity contribution in [3.63, 3.8) is 0 Å². The van der Waals surface area contributed by atoms with Gasteiger partial charge in [-0.15, -0.1) is 0 Å². The number of hydrogen-bond donors (Lipinski definition) is 2. The highest BCUT2D eigenvalue weighted by Gasteiger charge is 2.21. The Morgan fingerprint density at radius 3 is 2.62 bits per heavy atom. The molecule has 0 amide bonds. The van der Waals surface area contributed by atoms with Gasteiger partial charge in [0.25, 0.3) is 5.56 Å². The molecule has 0 aliphatic rings. The Labute approximate surface area is 97.9 Å². The molecule has 0 aliphatic heterocycles.